The Morgan fingerprint density at radius 2 is 1.75 bits per heavy atom. The van der Waals surface area contributed by atoms with E-state index >= 15 is 0 Å². The van der Waals surface area contributed by atoms with Crippen LogP contribution in [-0.4, -0.2) is 44.2 Å². The topological polar surface area (TPSA) is 105 Å². The van der Waals surface area contributed by atoms with Crippen LogP contribution in [0.3, 0.4) is 0 Å². The highest BCUT2D eigenvalue weighted by Gasteiger charge is 2.21. The number of amides is 2. The van der Waals surface area contributed by atoms with Gasteiger partial charge in [-0.1, -0.05) is 12.1 Å². The van der Waals surface area contributed by atoms with Crippen LogP contribution in [0.25, 0.3) is 0 Å². The molecule has 2 rings (SSSR count). The number of nitrogens with zero attached hydrogens (tertiary/aromatic N) is 1. The second kappa shape index (κ2) is 11.1. The van der Waals surface area contributed by atoms with Gasteiger partial charge >= 0.3 is 0 Å². The Hall–Kier alpha value is -2.98. The Bertz CT molecular complexity index is 1060. The van der Waals surface area contributed by atoms with Crippen LogP contribution in [0.1, 0.15) is 30.9 Å². The Labute approximate surface area is 187 Å². The molecule has 0 aliphatic carbocycles. The molecule has 174 valence electrons. The van der Waals surface area contributed by atoms with Crippen molar-refractivity contribution in [3.63, 3.8) is 0 Å². The molecule has 0 fully saturated rings. The molecule has 0 radical (unpaired) electrons. The summed E-state index contributed by atoms with van der Waals surface area (Å²) in [6.45, 7) is 5.48. The summed E-state index contributed by atoms with van der Waals surface area (Å²) >= 11 is 0. The van der Waals surface area contributed by atoms with Crippen molar-refractivity contribution >= 4 is 21.8 Å². The first-order valence-corrected chi connectivity index (χ1v) is 11.5. The van der Waals surface area contributed by atoms with Crippen molar-refractivity contribution in [3.8, 4) is 5.75 Å². The second-order valence-electron chi connectivity index (χ2n) is 7.38. The number of hydrogen-bond acceptors (Lipinski definition) is 5. The van der Waals surface area contributed by atoms with Crippen molar-refractivity contribution in [1.29, 1.82) is 0 Å². The summed E-state index contributed by atoms with van der Waals surface area (Å²) in [5.41, 5.74) is 6.57. The van der Waals surface area contributed by atoms with Crippen LogP contribution in [0, 0.1) is 19.7 Å². The van der Waals surface area contributed by atoms with E-state index in [0.29, 0.717) is 5.75 Å². The zero-order valence-electron chi connectivity index (χ0n) is 18.5. The molecule has 10 heteroatoms. The standard InChI is InChI=1S/C22H28FN3O5S/c1-15-7-5-8-20(16(15)2)31-17(3)22(28)25-24-21(27)9-6-14-26(4)32(29,30)19-12-10-18(23)11-13-19/h5,7-8,10-13,17H,6,9,14H2,1-4H3,(H,24,27)(H,25,28). The number of carbonyl (C=O) groups excluding carboxylic acids is 2. The van der Waals surface area contributed by atoms with Gasteiger partial charge < -0.3 is 4.74 Å². The lowest BCUT2D eigenvalue weighted by Gasteiger charge is -2.18. The van der Waals surface area contributed by atoms with Gasteiger partial charge in [0.25, 0.3) is 5.91 Å². The molecule has 0 heterocycles. The van der Waals surface area contributed by atoms with E-state index in [2.05, 4.69) is 10.9 Å². The molecule has 1 atom stereocenters. The molecule has 0 aliphatic heterocycles. The molecule has 1 unspecified atom stereocenters. The van der Waals surface area contributed by atoms with Crippen LogP contribution in [0.5, 0.6) is 5.75 Å². The highest BCUT2D eigenvalue weighted by atomic mass is 32.2. The highest BCUT2D eigenvalue weighted by molar-refractivity contribution is 7.89. The van der Waals surface area contributed by atoms with Crippen molar-refractivity contribution in [3.05, 3.63) is 59.4 Å². The minimum Gasteiger partial charge on any atom is -0.481 e. The van der Waals surface area contributed by atoms with Gasteiger partial charge in [-0.25, -0.2) is 17.1 Å². The first-order valence-electron chi connectivity index (χ1n) is 10.1. The Morgan fingerprint density at radius 1 is 1.09 bits per heavy atom. The van der Waals surface area contributed by atoms with E-state index < -0.39 is 33.8 Å². The van der Waals surface area contributed by atoms with E-state index in [1.165, 1.54) is 19.2 Å². The van der Waals surface area contributed by atoms with Crippen LogP contribution >= 0.6 is 0 Å². The smallest absolute Gasteiger partial charge is 0.279 e. The van der Waals surface area contributed by atoms with Gasteiger partial charge in [0.2, 0.25) is 15.9 Å². The van der Waals surface area contributed by atoms with Crippen molar-refractivity contribution in [2.24, 2.45) is 0 Å². The third-order valence-electron chi connectivity index (χ3n) is 4.95. The zero-order chi connectivity index (χ0) is 23.9. The van der Waals surface area contributed by atoms with Gasteiger partial charge in [0, 0.05) is 20.0 Å². The van der Waals surface area contributed by atoms with Crippen LogP contribution in [0.2, 0.25) is 0 Å². The number of hydrazine groups is 1. The molecule has 0 aliphatic rings. The fourth-order valence-corrected chi connectivity index (χ4v) is 3.97. The molecule has 8 nitrogen and oxygen atoms in total. The van der Waals surface area contributed by atoms with Crippen molar-refractivity contribution in [1.82, 2.24) is 15.2 Å². The average Bonchev–Trinajstić information content (AvgIpc) is 2.75. The fraction of sp³-hybridized carbons (Fsp3) is 0.364. The predicted octanol–water partition coefficient (Wildman–Crippen LogP) is 2.46. The molecule has 0 aromatic heterocycles. The fourth-order valence-electron chi connectivity index (χ4n) is 2.76. The van der Waals surface area contributed by atoms with E-state index in [-0.39, 0.29) is 24.3 Å². The second-order valence-corrected chi connectivity index (χ2v) is 9.42. The third-order valence-corrected chi connectivity index (χ3v) is 6.82. The molecular weight excluding hydrogens is 437 g/mol. The van der Waals surface area contributed by atoms with E-state index in [4.69, 9.17) is 4.74 Å². The quantitative estimate of drug-likeness (QED) is 0.554. The highest BCUT2D eigenvalue weighted by Crippen LogP contribution is 2.21. The molecule has 2 aromatic carbocycles. The summed E-state index contributed by atoms with van der Waals surface area (Å²) in [6.07, 6.45) is -0.606. The van der Waals surface area contributed by atoms with Gasteiger partial charge in [0.15, 0.2) is 6.10 Å². The van der Waals surface area contributed by atoms with E-state index in [1.54, 1.807) is 13.0 Å². The van der Waals surface area contributed by atoms with Crippen LogP contribution in [0.4, 0.5) is 4.39 Å². The molecule has 2 aromatic rings. The molecule has 2 amide bonds. The van der Waals surface area contributed by atoms with Gasteiger partial charge in [-0.3, -0.25) is 20.4 Å². The summed E-state index contributed by atoms with van der Waals surface area (Å²) in [5, 5.41) is 0. The van der Waals surface area contributed by atoms with E-state index in [0.717, 1.165) is 27.6 Å². The maximum atomic E-state index is 13.0. The summed E-state index contributed by atoms with van der Waals surface area (Å²) in [7, 11) is -2.40. The van der Waals surface area contributed by atoms with Gasteiger partial charge in [-0.05, 0) is 68.7 Å². The Kier molecular flexibility index (Phi) is 8.73. The van der Waals surface area contributed by atoms with Crippen LogP contribution < -0.4 is 15.6 Å². The summed E-state index contributed by atoms with van der Waals surface area (Å²) in [5.74, 6) is -0.927. The van der Waals surface area contributed by atoms with Gasteiger partial charge in [0.1, 0.15) is 11.6 Å². The number of halogens is 1. The first kappa shape index (κ1) is 25.3. The van der Waals surface area contributed by atoms with E-state index in [9.17, 15) is 22.4 Å². The minimum atomic E-state index is -3.78. The normalized spacial score (nSPS) is 12.3. The molecule has 0 saturated heterocycles. The number of ether oxygens (including phenoxy) is 1. The lowest BCUT2D eigenvalue weighted by Crippen LogP contribution is -2.47. The van der Waals surface area contributed by atoms with Gasteiger partial charge in [-0.15, -0.1) is 0 Å². The molecular formula is C22H28FN3O5S. The number of rotatable bonds is 9. The Balaban J connectivity index is 1.76. The predicted molar refractivity (Wildman–Crippen MR) is 118 cm³/mol. The van der Waals surface area contributed by atoms with Gasteiger partial charge in [0.05, 0.1) is 4.90 Å². The first-order chi connectivity index (χ1) is 15.0. The van der Waals surface area contributed by atoms with Crippen LogP contribution in [0.15, 0.2) is 47.4 Å². The minimum absolute atomic E-state index is 0.00418. The Morgan fingerprint density at radius 3 is 2.41 bits per heavy atom. The van der Waals surface area contributed by atoms with Crippen molar-refractivity contribution in [2.45, 2.75) is 44.6 Å². The maximum Gasteiger partial charge on any atom is 0.279 e. The number of hydrogen-bond donors (Lipinski definition) is 2. The number of nitrogens with one attached hydrogen (secondary N) is 2. The summed E-state index contributed by atoms with van der Waals surface area (Å²) < 4.78 is 44.6. The third kappa shape index (κ3) is 6.76. The largest absolute Gasteiger partial charge is 0.481 e. The van der Waals surface area contributed by atoms with Gasteiger partial charge in [-0.2, -0.15) is 0 Å². The molecule has 0 spiro atoms. The number of benzene rings is 2. The number of aryl methyl sites for hydroxylation is 1. The number of sulfonamides is 1. The van der Waals surface area contributed by atoms with Crippen molar-refractivity contribution < 1.29 is 27.1 Å². The number of carbonyl (C=O) groups is 2. The monoisotopic (exact) mass is 465 g/mol. The molecule has 2 N–H and O–H groups in total. The lowest BCUT2D eigenvalue weighted by atomic mass is 10.1. The SMILES string of the molecule is Cc1cccc(OC(C)C(=O)NNC(=O)CCCN(C)S(=O)(=O)c2ccc(F)cc2)c1C. The molecule has 0 bridgehead atoms. The summed E-state index contributed by atoms with van der Waals surface area (Å²) in [6, 6.07) is 10.0. The zero-order valence-corrected chi connectivity index (χ0v) is 19.3. The van der Waals surface area contributed by atoms with Crippen LogP contribution in [-0.2, 0) is 19.6 Å². The molecule has 32 heavy (non-hydrogen) atoms. The van der Waals surface area contributed by atoms with Crippen molar-refractivity contribution in [2.75, 3.05) is 13.6 Å². The lowest BCUT2D eigenvalue weighted by molar-refractivity contribution is -0.132. The maximum absolute atomic E-state index is 13.0. The molecule has 0 saturated carbocycles. The summed E-state index contributed by atoms with van der Waals surface area (Å²) in [4.78, 5) is 24.1. The average molecular weight is 466 g/mol. The van der Waals surface area contributed by atoms with E-state index in [1.807, 2.05) is 26.0 Å².